The van der Waals surface area contributed by atoms with Crippen molar-refractivity contribution in [3.63, 3.8) is 0 Å². The molecule has 1 aromatic rings. The minimum Gasteiger partial charge on any atom is -0.348 e. The van der Waals surface area contributed by atoms with Crippen LogP contribution in [-0.4, -0.2) is 27.8 Å². The summed E-state index contributed by atoms with van der Waals surface area (Å²) in [6.45, 7) is 1.34. The van der Waals surface area contributed by atoms with Gasteiger partial charge in [-0.3, -0.25) is 15.0 Å². The predicted octanol–water partition coefficient (Wildman–Crippen LogP) is -1.55. The van der Waals surface area contributed by atoms with Crippen molar-refractivity contribution in [2.75, 3.05) is 0 Å². The highest BCUT2D eigenvalue weighted by Gasteiger charge is 2.19. The first-order valence-corrected chi connectivity index (χ1v) is 4.38. The summed E-state index contributed by atoms with van der Waals surface area (Å²) in [4.78, 5) is 28.8. The number of hydrazine groups is 1. The van der Waals surface area contributed by atoms with Crippen LogP contribution < -0.4 is 16.6 Å². The molecule has 0 aromatic carbocycles. The molecule has 0 aliphatic heterocycles. The number of carbonyl (C=O) groups is 2. The molecule has 1 aromatic heterocycles. The number of rotatable bonds is 4. The molecular weight excluding hydrogens is 198 g/mol. The van der Waals surface area contributed by atoms with Crippen LogP contribution in [0.25, 0.3) is 0 Å². The lowest BCUT2D eigenvalue weighted by Gasteiger charge is -2.14. The van der Waals surface area contributed by atoms with E-state index in [0.717, 1.165) is 5.69 Å². The van der Waals surface area contributed by atoms with Gasteiger partial charge in [-0.2, -0.15) is 0 Å². The van der Waals surface area contributed by atoms with E-state index < -0.39 is 11.9 Å². The van der Waals surface area contributed by atoms with Crippen molar-refractivity contribution in [1.82, 2.24) is 20.7 Å². The van der Waals surface area contributed by atoms with E-state index in [1.54, 1.807) is 6.20 Å². The fraction of sp³-hybridized carbons (Fsp3) is 0.375. The Balaban J connectivity index is 2.64. The molecule has 0 fully saturated rings. The number of nitrogens with one attached hydrogen (secondary N) is 3. The molecule has 0 bridgehead atoms. The van der Waals surface area contributed by atoms with Gasteiger partial charge in [0.15, 0.2) is 0 Å². The molecule has 0 spiro atoms. The number of H-pyrrole nitrogens is 1. The second kappa shape index (κ2) is 5.11. The number of nitrogens with zero attached hydrogens (tertiary/aromatic N) is 1. The van der Waals surface area contributed by atoms with Gasteiger partial charge in [0, 0.05) is 25.2 Å². The van der Waals surface area contributed by atoms with E-state index in [-0.39, 0.29) is 5.91 Å². The Morgan fingerprint density at radius 1 is 1.67 bits per heavy atom. The summed E-state index contributed by atoms with van der Waals surface area (Å²) in [5.41, 5.74) is 2.74. The smallest absolute Gasteiger partial charge is 0.256 e. The van der Waals surface area contributed by atoms with Gasteiger partial charge in [0.2, 0.25) is 5.91 Å². The third-order valence-corrected chi connectivity index (χ3v) is 1.82. The van der Waals surface area contributed by atoms with Crippen LogP contribution in [0.3, 0.4) is 0 Å². The Morgan fingerprint density at radius 3 is 2.87 bits per heavy atom. The molecule has 0 saturated heterocycles. The minimum atomic E-state index is -0.687. The molecule has 7 heteroatoms. The zero-order valence-electron chi connectivity index (χ0n) is 8.28. The highest BCUT2D eigenvalue weighted by Crippen LogP contribution is 1.98. The van der Waals surface area contributed by atoms with Crippen molar-refractivity contribution in [2.24, 2.45) is 5.84 Å². The molecule has 2 amide bonds. The van der Waals surface area contributed by atoms with Crippen molar-refractivity contribution in [3.05, 3.63) is 18.2 Å². The maximum atomic E-state index is 11.3. The van der Waals surface area contributed by atoms with E-state index >= 15 is 0 Å². The van der Waals surface area contributed by atoms with Crippen LogP contribution in [0.5, 0.6) is 0 Å². The SMILES string of the molecule is CC(=O)N[C@@H](Cc1cnc[nH]1)C(=O)NN. The van der Waals surface area contributed by atoms with Crippen molar-refractivity contribution in [2.45, 2.75) is 19.4 Å². The second-order valence-corrected chi connectivity index (χ2v) is 3.04. The summed E-state index contributed by atoms with van der Waals surface area (Å²) >= 11 is 0. The number of aromatic amines is 1. The Bertz CT molecular complexity index is 335. The molecule has 15 heavy (non-hydrogen) atoms. The average molecular weight is 211 g/mol. The van der Waals surface area contributed by atoms with Crippen molar-refractivity contribution < 1.29 is 9.59 Å². The quantitative estimate of drug-likeness (QED) is 0.274. The van der Waals surface area contributed by atoms with Crippen molar-refractivity contribution in [1.29, 1.82) is 0 Å². The van der Waals surface area contributed by atoms with Crippen LogP contribution in [-0.2, 0) is 16.0 Å². The maximum Gasteiger partial charge on any atom is 0.256 e. The van der Waals surface area contributed by atoms with E-state index in [0.29, 0.717) is 6.42 Å². The maximum absolute atomic E-state index is 11.3. The highest BCUT2D eigenvalue weighted by molar-refractivity contribution is 5.86. The van der Waals surface area contributed by atoms with Gasteiger partial charge in [0.25, 0.3) is 5.91 Å². The van der Waals surface area contributed by atoms with Crippen LogP contribution in [0, 0.1) is 0 Å². The first kappa shape index (κ1) is 11.2. The normalized spacial score (nSPS) is 11.9. The number of imidazole rings is 1. The van der Waals surface area contributed by atoms with Crippen LogP contribution in [0.2, 0.25) is 0 Å². The van der Waals surface area contributed by atoms with E-state index in [2.05, 4.69) is 15.3 Å². The summed E-state index contributed by atoms with van der Waals surface area (Å²) in [5.74, 6) is 4.27. The van der Waals surface area contributed by atoms with E-state index in [1.807, 2.05) is 5.43 Å². The Morgan fingerprint density at radius 2 is 2.40 bits per heavy atom. The van der Waals surface area contributed by atoms with Gasteiger partial charge in [0.05, 0.1) is 6.33 Å². The molecular formula is C8H13N5O2. The van der Waals surface area contributed by atoms with Crippen LogP contribution in [0.15, 0.2) is 12.5 Å². The standard InChI is InChI=1S/C8H13N5O2/c1-5(14)12-7(8(15)13-9)2-6-3-10-4-11-6/h3-4,7H,2,9H2,1H3,(H,10,11)(H,12,14)(H,13,15)/t7-/m0/s1. The van der Waals surface area contributed by atoms with Crippen LogP contribution >= 0.6 is 0 Å². The average Bonchev–Trinajstić information content (AvgIpc) is 2.67. The number of nitrogens with two attached hydrogens (primary N) is 1. The first-order valence-electron chi connectivity index (χ1n) is 4.38. The zero-order chi connectivity index (χ0) is 11.3. The summed E-state index contributed by atoms with van der Waals surface area (Å²) in [6, 6.07) is -0.687. The number of aromatic nitrogens is 2. The fourth-order valence-electron chi connectivity index (χ4n) is 1.17. The van der Waals surface area contributed by atoms with Gasteiger partial charge < -0.3 is 10.3 Å². The molecule has 0 saturated carbocycles. The summed E-state index contributed by atoms with van der Waals surface area (Å²) in [5, 5.41) is 2.49. The van der Waals surface area contributed by atoms with Gasteiger partial charge in [0.1, 0.15) is 6.04 Å². The molecule has 1 rings (SSSR count). The topological polar surface area (TPSA) is 113 Å². The molecule has 0 radical (unpaired) electrons. The van der Waals surface area contributed by atoms with Crippen molar-refractivity contribution in [3.8, 4) is 0 Å². The zero-order valence-corrected chi connectivity index (χ0v) is 8.28. The monoisotopic (exact) mass is 211 g/mol. The van der Waals surface area contributed by atoms with Gasteiger partial charge in [-0.1, -0.05) is 0 Å². The molecule has 5 N–H and O–H groups in total. The Hall–Kier alpha value is -1.89. The lowest BCUT2D eigenvalue weighted by atomic mass is 10.1. The molecule has 1 heterocycles. The number of amides is 2. The van der Waals surface area contributed by atoms with E-state index in [9.17, 15) is 9.59 Å². The summed E-state index contributed by atoms with van der Waals surface area (Å²) < 4.78 is 0. The van der Waals surface area contributed by atoms with Gasteiger partial charge in [-0.05, 0) is 0 Å². The highest BCUT2D eigenvalue weighted by atomic mass is 16.2. The molecule has 7 nitrogen and oxygen atoms in total. The number of hydrogen-bond acceptors (Lipinski definition) is 4. The number of hydrogen-bond donors (Lipinski definition) is 4. The Kier molecular flexibility index (Phi) is 3.81. The lowest BCUT2D eigenvalue weighted by Crippen LogP contribution is -2.49. The van der Waals surface area contributed by atoms with Gasteiger partial charge in [-0.25, -0.2) is 10.8 Å². The Labute approximate surface area is 86.4 Å². The van der Waals surface area contributed by atoms with Gasteiger partial charge >= 0.3 is 0 Å². The minimum absolute atomic E-state index is 0.289. The van der Waals surface area contributed by atoms with E-state index in [1.165, 1.54) is 13.3 Å². The van der Waals surface area contributed by atoms with Crippen LogP contribution in [0.1, 0.15) is 12.6 Å². The molecule has 82 valence electrons. The fourth-order valence-corrected chi connectivity index (χ4v) is 1.17. The lowest BCUT2D eigenvalue weighted by molar-refractivity contribution is -0.128. The third kappa shape index (κ3) is 3.39. The molecule has 0 aliphatic carbocycles. The molecule has 0 unspecified atom stereocenters. The molecule has 1 atom stereocenters. The predicted molar refractivity (Wildman–Crippen MR) is 52.2 cm³/mol. The summed E-state index contributed by atoms with van der Waals surface area (Å²) in [7, 11) is 0. The molecule has 0 aliphatic rings. The van der Waals surface area contributed by atoms with E-state index in [4.69, 9.17) is 5.84 Å². The largest absolute Gasteiger partial charge is 0.348 e. The van der Waals surface area contributed by atoms with Crippen LogP contribution in [0.4, 0.5) is 0 Å². The third-order valence-electron chi connectivity index (χ3n) is 1.82. The van der Waals surface area contributed by atoms with Gasteiger partial charge in [-0.15, -0.1) is 0 Å². The second-order valence-electron chi connectivity index (χ2n) is 3.04. The number of carbonyl (C=O) groups excluding carboxylic acids is 2. The van der Waals surface area contributed by atoms with Crippen molar-refractivity contribution >= 4 is 11.8 Å². The summed E-state index contributed by atoms with van der Waals surface area (Å²) in [6.07, 6.45) is 3.40. The first-order chi connectivity index (χ1) is 7.13.